The van der Waals surface area contributed by atoms with E-state index in [9.17, 15) is 0 Å². The third-order valence-corrected chi connectivity index (χ3v) is 2.08. The van der Waals surface area contributed by atoms with Gasteiger partial charge in [-0.15, -0.1) is 0 Å². The van der Waals surface area contributed by atoms with Crippen LogP contribution in [0, 0.1) is 11.3 Å². The molecule has 2 aromatic rings. The second kappa shape index (κ2) is 3.35. The van der Waals surface area contributed by atoms with E-state index < -0.39 is 0 Å². The van der Waals surface area contributed by atoms with Gasteiger partial charge in [0.1, 0.15) is 11.8 Å². The van der Waals surface area contributed by atoms with Crippen molar-refractivity contribution in [3.05, 3.63) is 36.2 Å². The number of nitriles is 1. The van der Waals surface area contributed by atoms with Gasteiger partial charge in [0.15, 0.2) is 5.69 Å². The van der Waals surface area contributed by atoms with Crippen LogP contribution in [0.15, 0.2) is 30.5 Å². The van der Waals surface area contributed by atoms with Gasteiger partial charge in [-0.25, -0.2) is 4.98 Å². The van der Waals surface area contributed by atoms with Crippen molar-refractivity contribution >= 4 is 10.8 Å². The zero-order valence-corrected chi connectivity index (χ0v) is 7.69. The molecule has 3 nitrogen and oxygen atoms in total. The van der Waals surface area contributed by atoms with Gasteiger partial charge < -0.3 is 4.74 Å². The number of methoxy groups -OCH3 is 1. The molecule has 0 aliphatic carbocycles. The molecule has 0 unspecified atom stereocenters. The van der Waals surface area contributed by atoms with Crippen molar-refractivity contribution in [2.45, 2.75) is 0 Å². The molecule has 0 aliphatic heterocycles. The van der Waals surface area contributed by atoms with Crippen LogP contribution in [0.1, 0.15) is 5.69 Å². The molecule has 0 aliphatic rings. The van der Waals surface area contributed by atoms with E-state index in [1.807, 2.05) is 24.3 Å². The normalized spacial score (nSPS) is 9.71. The lowest BCUT2D eigenvalue weighted by Gasteiger charge is -2.05. The summed E-state index contributed by atoms with van der Waals surface area (Å²) in [4.78, 5) is 3.99. The minimum Gasteiger partial charge on any atom is -0.496 e. The Hall–Kier alpha value is -2.08. The van der Waals surface area contributed by atoms with Crippen molar-refractivity contribution in [1.29, 1.82) is 5.26 Å². The SMILES string of the molecule is COc1cccc2ccnc(C#N)c12. The number of rotatable bonds is 1. The highest BCUT2D eigenvalue weighted by Crippen LogP contribution is 2.26. The smallest absolute Gasteiger partial charge is 0.151 e. The Balaban J connectivity index is 2.90. The van der Waals surface area contributed by atoms with Crippen LogP contribution in [0.5, 0.6) is 5.75 Å². The Bertz CT molecular complexity index is 509. The summed E-state index contributed by atoms with van der Waals surface area (Å²) in [7, 11) is 1.59. The molecule has 0 amide bonds. The summed E-state index contributed by atoms with van der Waals surface area (Å²) in [6, 6.07) is 9.56. The van der Waals surface area contributed by atoms with E-state index in [1.54, 1.807) is 13.3 Å². The molecular formula is C11H8N2O. The highest BCUT2D eigenvalue weighted by molar-refractivity contribution is 5.91. The number of benzene rings is 1. The van der Waals surface area contributed by atoms with Crippen molar-refractivity contribution in [1.82, 2.24) is 4.98 Å². The first kappa shape index (κ1) is 8.52. The van der Waals surface area contributed by atoms with Crippen molar-refractivity contribution in [3.63, 3.8) is 0 Å². The lowest BCUT2D eigenvalue weighted by atomic mass is 10.1. The summed E-state index contributed by atoms with van der Waals surface area (Å²) >= 11 is 0. The average molecular weight is 184 g/mol. The number of pyridine rings is 1. The highest BCUT2D eigenvalue weighted by Gasteiger charge is 2.06. The van der Waals surface area contributed by atoms with Crippen LogP contribution in [0.2, 0.25) is 0 Å². The van der Waals surface area contributed by atoms with Gasteiger partial charge in [0.2, 0.25) is 0 Å². The second-order valence-electron chi connectivity index (χ2n) is 2.83. The van der Waals surface area contributed by atoms with E-state index in [2.05, 4.69) is 11.1 Å². The second-order valence-corrected chi connectivity index (χ2v) is 2.83. The Morgan fingerprint density at radius 1 is 1.36 bits per heavy atom. The molecule has 2 rings (SSSR count). The predicted octanol–water partition coefficient (Wildman–Crippen LogP) is 2.12. The first-order valence-electron chi connectivity index (χ1n) is 4.18. The third kappa shape index (κ3) is 1.17. The summed E-state index contributed by atoms with van der Waals surface area (Å²) in [5.41, 5.74) is 0.403. The summed E-state index contributed by atoms with van der Waals surface area (Å²) in [6.45, 7) is 0. The maximum atomic E-state index is 8.89. The third-order valence-electron chi connectivity index (χ3n) is 2.08. The predicted molar refractivity (Wildman–Crippen MR) is 53.0 cm³/mol. The Morgan fingerprint density at radius 2 is 2.21 bits per heavy atom. The van der Waals surface area contributed by atoms with Crippen molar-refractivity contribution < 1.29 is 4.74 Å². The van der Waals surface area contributed by atoms with E-state index in [-0.39, 0.29) is 0 Å². The lowest BCUT2D eigenvalue weighted by molar-refractivity contribution is 0.419. The molecule has 1 aromatic heterocycles. The molecule has 3 heteroatoms. The number of ether oxygens (including phenoxy) is 1. The Morgan fingerprint density at radius 3 is 2.93 bits per heavy atom. The zero-order chi connectivity index (χ0) is 9.97. The molecule has 1 aromatic carbocycles. The molecule has 0 fully saturated rings. The first-order valence-corrected chi connectivity index (χ1v) is 4.18. The molecule has 1 heterocycles. The fourth-order valence-electron chi connectivity index (χ4n) is 1.45. The van der Waals surface area contributed by atoms with Crippen LogP contribution in [-0.4, -0.2) is 12.1 Å². The number of hydrogen-bond acceptors (Lipinski definition) is 3. The molecule has 0 saturated heterocycles. The Labute approximate surface area is 81.6 Å². The molecule has 68 valence electrons. The van der Waals surface area contributed by atoms with Crippen LogP contribution >= 0.6 is 0 Å². The summed E-state index contributed by atoms with van der Waals surface area (Å²) in [5.74, 6) is 0.687. The van der Waals surface area contributed by atoms with Crippen LogP contribution in [-0.2, 0) is 0 Å². The number of hydrogen-bond donors (Lipinski definition) is 0. The monoisotopic (exact) mass is 184 g/mol. The van der Waals surface area contributed by atoms with Crippen LogP contribution in [0.4, 0.5) is 0 Å². The van der Waals surface area contributed by atoms with Crippen molar-refractivity contribution in [3.8, 4) is 11.8 Å². The topological polar surface area (TPSA) is 45.9 Å². The largest absolute Gasteiger partial charge is 0.496 e. The molecule has 0 bridgehead atoms. The summed E-state index contributed by atoms with van der Waals surface area (Å²) in [5, 5.41) is 10.6. The average Bonchev–Trinajstić information content (AvgIpc) is 2.27. The Kier molecular flexibility index (Phi) is 2.04. The summed E-state index contributed by atoms with van der Waals surface area (Å²) < 4.78 is 5.18. The van der Waals surface area contributed by atoms with Crippen molar-refractivity contribution in [2.24, 2.45) is 0 Å². The fourth-order valence-corrected chi connectivity index (χ4v) is 1.45. The van der Waals surface area contributed by atoms with Crippen LogP contribution in [0.3, 0.4) is 0 Å². The minimum atomic E-state index is 0.403. The van der Waals surface area contributed by atoms with Crippen LogP contribution < -0.4 is 4.74 Å². The van der Waals surface area contributed by atoms with E-state index >= 15 is 0 Å². The maximum Gasteiger partial charge on any atom is 0.151 e. The van der Waals surface area contributed by atoms with E-state index in [1.165, 1.54) is 0 Å². The first-order chi connectivity index (χ1) is 6.86. The van der Waals surface area contributed by atoms with Gasteiger partial charge in [0.25, 0.3) is 0 Å². The highest BCUT2D eigenvalue weighted by atomic mass is 16.5. The van der Waals surface area contributed by atoms with Crippen LogP contribution in [0.25, 0.3) is 10.8 Å². The molecular weight excluding hydrogens is 176 g/mol. The number of aromatic nitrogens is 1. The molecule has 0 N–H and O–H groups in total. The number of fused-ring (bicyclic) bond motifs is 1. The fraction of sp³-hybridized carbons (Fsp3) is 0.0909. The van der Waals surface area contributed by atoms with E-state index in [0.717, 1.165) is 10.8 Å². The van der Waals surface area contributed by atoms with Crippen molar-refractivity contribution in [2.75, 3.05) is 7.11 Å². The maximum absolute atomic E-state index is 8.89. The number of nitrogens with zero attached hydrogens (tertiary/aromatic N) is 2. The van der Waals surface area contributed by atoms with E-state index in [0.29, 0.717) is 11.4 Å². The molecule has 14 heavy (non-hydrogen) atoms. The molecule has 0 radical (unpaired) electrons. The van der Waals surface area contributed by atoms with Gasteiger partial charge in [0, 0.05) is 6.20 Å². The lowest BCUT2D eigenvalue weighted by Crippen LogP contribution is -1.89. The van der Waals surface area contributed by atoms with Gasteiger partial charge >= 0.3 is 0 Å². The van der Waals surface area contributed by atoms with Gasteiger partial charge in [0.05, 0.1) is 12.5 Å². The molecule has 0 saturated carbocycles. The minimum absolute atomic E-state index is 0.403. The zero-order valence-electron chi connectivity index (χ0n) is 7.69. The standard InChI is InChI=1S/C11H8N2O/c1-14-10-4-2-3-8-5-6-13-9(7-12)11(8)10/h2-6H,1H3. The van der Waals surface area contributed by atoms with Gasteiger partial charge in [-0.2, -0.15) is 5.26 Å². The summed E-state index contributed by atoms with van der Waals surface area (Å²) in [6.07, 6.45) is 1.63. The molecule has 0 spiro atoms. The molecule has 0 atom stereocenters. The van der Waals surface area contributed by atoms with Gasteiger partial charge in [-0.3, -0.25) is 0 Å². The quantitative estimate of drug-likeness (QED) is 0.681. The van der Waals surface area contributed by atoms with Gasteiger partial charge in [-0.1, -0.05) is 12.1 Å². The van der Waals surface area contributed by atoms with Gasteiger partial charge in [-0.05, 0) is 17.5 Å². The van der Waals surface area contributed by atoms with E-state index in [4.69, 9.17) is 10.00 Å².